The lowest BCUT2D eigenvalue weighted by Crippen LogP contribution is -2.61. The number of rotatable bonds is 1. The number of aliphatic hydroxyl groups excluding tert-OH is 1. The smallest absolute Gasteiger partial charge is 0.119 e. The standard InChI is InChI=1S/C18H25NO2/c1-19-8-7-18-11-13(20)4-6-15(18)17(19)9-12-3-5-14(21-2)10-16(12)18/h3,5,10,13,15,17,20H,4,6-9,11H2,1-2H3. The number of nitrogens with zero attached hydrogens (tertiary/aromatic N) is 1. The second-order valence-electron chi connectivity index (χ2n) is 7.22. The fourth-order valence-corrected chi connectivity index (χ4v) is 5.31. The van der Waals surface area contributed by atoms with E-state index in [1.807, 2.05) is 0 Å². The highest BCUT2D eigenvalue weighted by Gasteiger charge is 2.54. The molecule has 1 aliphatic heterocycles. The van der Waals surface area contributed by atoms with Crippen LogP contribution in [0, 0.1) is 5.92 Å². The van der Waals surface area contributed by atoms with Gasteiger partial charge in [0.05, 0.1) is 13.2 Å². The molecule has 1 saturated heterocycles. The summed E-state index contributed by atoms with van der Waals surface area (Å²) in [5, 5.41) is 10.3. The molecule has 21 heavy (non-hydrogen) atoms. The van der Waals surface area contributed by atoms with E-state index in [4.69, 9.17) is 4.74 Å². The third-order valence-corrected chi connectivity index (χ3v) is 6.34. The zero-order chi connectivity index (χ0) is 14.6. The number of methoxy groups -OCH3 is 1. The number of piperidine rings is 1. The quantitative estimate of drug-likeness (QED) is 0.860. The molecule has 3 aliphatic rings. The van der Waals surface area contributed by atoms with Crippen molar-refractivity contribution in [3.63, 3.8) is 0 Å². The van der Waals surface area contributed by atoms with Crippen molar-refractivity contribution in [1.82, 2.24) is 4.90 Å². The lowest BCUT2D eigenvalue weighted by atomic mass is 9.52. The summed E-state index contributed by atoms with van der Waals surface area (Å²) in [6, 6.07) is 7.23. The highest BCUT2D eigenvalue weighted by molar-refractivity contribution is 5.45. The molecule has 1 aromatic carbocycles. The summed E-state index contributed by atoms with van der Waals surface area (Å²) < 4.78 is 5.47. The van der Waals surface area contributed by atoms with E-state index in [9.17, 15) is 5.11 Å². The summed E-state index contributed by atoms with van der Waals surface area (Å²) in [6.07, 6.45) is 5.24. The van der Waals surface area contributed by atoms with Gasteiger partial charge < -0.3 is 14.7 Å². The maximum atomic E-state index is 10.3. The van der Waals surface area contributed by atoms with Crippen LogP contribution in [0.2, 0.25) is 0 Å². The van der Waals surface area contributed by atoms with Crippen molar-refractivity contribution in [3.8, 4) is 5.75 Å². The molecular weight excluding hydrogens is 262 g/mol. The summed E-state index contributed by atoms with van der Waals surface area (Å²) in [5.74, 6) is 1.65. The number of ether oxygens (including phenoxy) is 1. The number of hydrogen-bond acceptors (Lipinski definition) is 3. The van der Waals surface area contributed by atoms with Crippen molar-refractivity contribution in [2.45, 2.75) is 49.7 Å². The minimum atomic E-state index is -0.137. The summed E-state index contributed by atoms with van der Waals surface area (Å²) >= 11 is 0. The van der Waals surface area contributed by atoms with E-state index in [1.54, 1.807) is 7.11 Å². The van der Waals surface area contributed by atoms with Crippen LogP contribution in [0.3, 0.4) is 0 Å². The van der Waals surface area contributed by atoms with Crippen molar-refractivity contribution in [3.05, 3.63) is 29.3 Å². The van der Waals surface area contributed by atoms with Crippen LogP contribution in [0.25, 0.3) is 0 Å². The van der Waals surface area contributed by atoms with Crippen LogP contribution in [0.4, 0.5) is 0 Å². The van der Waals surface area contributed by atoms with Crippen LogP contribution in [-0.4, -0.2) is 42.9 Å². The van der Waals surface area contributed by atoms with Gasteiger partial charge in [0.25, 0.3) is 0 Å². The number of fused-ring (bicyclic) bond motifs is 1. The van der Waals surface area contributed by atoms with E-state index >= 15 is 0 Å². The topological polar surface area (TPSA) is 32.7 Å². The van der Waals surface area contributed by atoms with Gasteiger partial charge in [0.1, 0.15) is 5.75 Å². The molecule has 1 aromatic rings. The molecule has 2 bridgehead atoms. The first-order valence-electron chi connectivity index (χ1n) is 8.20. The highest BCUT2D eigenvalue weighted by atomic mass is 16.5. The molecule has 114 valence electrons. The van der Waals surface area contributed by atoms with E-state index in [1.165, 1.54) is 17.5 Å². The van der Waals surface area contributed by atoms with Crippen LogP contribution in [0.5, 0.6) is 5.75 Å². The average Bonchev–Trinajstić information content (AvgIpc) is 2.50. The predicted molar refractivity (Wildman–Crippen MR) is 82.8 cm³/mol. The Hall–Kier alpha value is -1.06. The highest BCUT2D eigenvalue weighted by Crippen LogP contribution is 2.55. The number of hydrogen-bond donors (Lipinski definition) is 1. The SMILES string of the molecule is COc1ccc2c(c1)C13CCN(C)C(C2)C1CCC(O)C3. The zero-order valence-corrected chi connectivity index (χ0v) is 13.0. The van der Waals surface area contributed by atoms with Crippen molar-refractivity contribution < 1.29 is 9.84 Å². The molecule has 1 N–H and O–H groups in total. The van der Waals surface area contributed by atoms with E-state index in [2.05, 4.69) is 30.1 Å². The van der Waals surface area contributed by atoms with E-state index < -0.39 is 0 Å². The first-order valence-corrected chi connectivity index (χ1v) is 8.20. The van der Waals surface area contributed by atoms with Gasteiger partial charge >= 0.3 is 0 Å². The summed E-state index contributed by atoms with van der Waals surface area (Å²) in [5.41, 5.74) is 3.12. The molecular formula is C18H25NO2. The van der Waals surface area contributed by atoms with Crippen LogP contribution in [0.15, 0.2) is 18.2 Å². The summed E-state index contributed by atoms with van der Waals surface area (Å²) in [7, 11) is 4.01. The summed E-state index contributed by atoms with van der Waals surface area (Å²) in [6.45, 7) is 1.14. The maximum Gasteiger partial charge on any atom is 0.119 e. The molecule has 1 saturated carbocycles. The Labute approximate surface area is 126 Å². The number of benzene rings is 1. The molecule has 0 spiro atoms. The maximum absolute atomic E-state index is 10.3. The van der Waals surface area contributed by atoms with Crippen molar-refractivity contribution in [1.29, 1.82) is 0 Å². The first kappa shape index (κ1) is 13.6. The van der Waals surface area contributed by atoms with Gasteiger partial charge in [-0.25, -0.2) is 0 Å². The zero-order valence-electron chi connectivity index (χ0n) is 13.0. The molecule has 2 fully saturated rings. The van der Waals surface area contributed by atoms with Gasteiger partial charge in [-0.05, 0) is 74.9 Å². The van der Waals surface area contributed by atoms with Gasteiger partial charge in [-0.1, -0.05) is 6.07 Å². The minimum absolute atomic E-state index is 0.137. The Morgan fingerprint density at radius 2 is 2.19 bits per heavy atom. The molecule has 4 unspecified atom stereocenters. The Balaban J connectivity index is 1.88. The van der Waals surface area contributed by atoms with E-state index in [-0.39, 0.29) is 11.5 Å². The molecule has 0 amide bonds. The van der Waals surface area contributed by atoms with E-state index in [0.29, 0.717) is 12.0 Å². The van der Waals surface area contributed by atoms with Gasteiger partial charge in [0.2, 0.25) is 0 Å². The normalized spacial score (nSPS) is 38.5. The van der Waals surface area contributed by atoms with Gasteiger partial charge in [-0.3, -0.25) is 0 Å². The Morgan fingerprint density at radius 1 is 1.33 bits per heavy atom. The van der Waals surface area contributed by atoms with Gasteiger partial charge in [-0.2, -0.15) is 0 Å². The molecule has 3 nitrogen and oxygen atoms in total. The van der Waals surface area contributed by atoms with Gasteiger partial charge in [-0.15, -0.1) is 0 Å². The first-order chi connectivity index (χ1) is 10.1. The van der Waals surface area contributed by atoms with Crippen molar-refractivity contribution in [2.75, 3.05) is 20.7 Å². The fourth-order valence-electron chi connectivity index (χ4n) is 5.31. The second kappa shape index (κ2) is 4.72. The van der Waals surface area contributed by atoms with Crippen LogP contribution in [0.1, 0.15) is 36.8 Å². The number of aliphatic hydroxyl groups is 1. The Morgan fingerprint density at radius 3 is 3.00 bits per heavy atom. The lowest BCUT2D eigenvalue weighted by Gasteiger charge is -2.59. The van der Waals surface area contributed by atoms with E-state index in [0.717, 1.165) is 38.0 Å². The van der Waals surface area contributed by atoms with Crippen LogP contribution < -0.4 is 4.74 Å². The molecule has 2 aliphatic carbocycles. The average molecular weight is 287 g/mol. The van der Waals surface area contributed by atoms with Crippen LogP contribution in [-0.2, 0) is 11.8 Å². The third kappa shape index (κ3) is 1.87. The second-order valence-corrected chi connectivity index (χ2v) is 7.22. The molecule has 4 atom stereocenters. The predicted octanol–water partition coefficient (Wildman–Crippen LogP) is 2.35. The largest absolute Gasteiger partial charge is 0.497 e. The third-order valence-electron chi connectivity index (χ3n) is 6.34. The summed E-state index contributed by atoms with van der Waals surface area (Å²) in [4.78, 5) is 2.55. The number of likely N-dealkylation sites (tertiary alicyclic amines) is 1. The molecule has 1 heterocycles. The monoisotopic (exact) mass is 287 g/mol. The van der Waals surface area contributed by atoms with Gasteiger partial charge in [0.15, 0.2) is 0 Å². The van der Waals surface area contributed by atoms with Crippen molar-refractivity contribution in [2.24, 2.45) is 5.92 Å². The molecule has 3 heteroatoms. The lowest BCUT2D eigenvalue weighted by molar-refractivity contribution is -0.0393. The molecule has 0 aromatic heterocycles. The molecule has 0 radical (unpaired) electrons. The molecule has 4 rings (SSSR count). The number of likely N-dealkylation sites (N-methyl/N-ethyl adjacent to an activating group) is 1. The van der Waals surface area contributed by atoms with Gasteiger partial charge in [0, 0.05) is 11.5 Å². The minimum Gasteiger partial charge on any atom is -0.497 e. The van der Waals surface area contributed by atoms with Crippen LogP contribution >= 0.6 is 0 Å². The Bertz CT molecular complexity index is 558. The van der Waals surface area contributed by atoms with Crippen molar-refractivity contribution >= 4 is 0 Å². The fraction of sp³-hybridized carbons (Fsp3) is 0.667. The Kier molecular flexibility index (Phi) is 3.05.